The van der Waals surface area contributed by atoms with E-state index in [9.17, 15) is 0 Å². The molecule has 2 fully saturated rings. The van der Waals surface area contributed by atoms with Gasteiger partial charge in [0.2, 0.25) is 0 Å². The third kappa shape index (κ3) is 3.40. The first-order valence-electron chi connectivity index (χ1n) is 6.26. The first-order valence-corrected chi connectivity index (χ1v) is 6.26. The standard InChI is InChI=1S/C12H23N3/c1-9(2)7-8-15(11-5-6-11)12(13)14-10-3-4-10/h9-11H,3-8H2,1-2H3,(H2,13,14). The molecule has 2 aliphatic carbocycles. The second-order valence-corrected chi connectivity index (χ2v) is 5.33. The molecule has 2 saturated carbocycles. The summed E-state index contributed by atoms with van der Waals surface area (Å²) in [7, 11) is 0. The van der Waals surface area contributed by atoms with Crippen LogP contribution in [0.15, 0.2) is 4.99 Å². The molecule has 0 unspecified atom stereocenters. The maximum absolute atomic E-state index is 6.06. The van der Waals surface area contributed by atoms with Crippen LogP contribution >= 0.6 is 0 Å². The maximum Gasteiger partial charge on any atom is 0.191 e. The molecule has 3 heteroatoms. The summed E-state index contributed by atoms with van der Waals surface area (Å²) >= 11 is 0. The van der Waals surface area contributed by atoms with E-state index in [0.29, 0.717) is 12.1 Å². The summed E-state index contributed by atoms with van der Waals surface area (Å²) in [5.74, 6) is 1.56. The molecule has 3 nitrogen and oxygen atoms in total. The van der Waals surface area contributed by atoms with Crippen molar-refractivity contribution >= 4 is 5.96 Å². The van der Waals surface area contributed by atoms with Crippen molar-refractivity contribution in [3.05, 3.63) is 0 Å². The molecule has 2 rings (SSSR count). The van der Waals surface area contributed by atoms with E-state index in [1.54, 1.807) is 0 Å². The van der Waals surface area contributed by atoms with Gasteiger partial charge < -0.3 is 10.6 Å². The molecule has 0 aromatic heterocycles. The van der Waals surface area contributed by atoms with Crippen molar-refractivity contribution in [3.63, 3.8) is 0 Å². The SMILES string of the molecule is CC(C)CCN(C(N)=NC1CC1)C1CC1. The van der Waals surface area contributed by atoms with Crippen LogP contribution in [-0.2, 0) is 0 Å². The Morgan fingerprint density at radius 2 is 2.00 bits per heavy atom. The Kier molecular flexibility index (Phi) is 3.17. The molecule has 0 heterocycles. The lowest BCUT2D eigenvalue weighted by Crippen LogP contribution is -2.40. The third-order valence-corrected chi connectivity index (χ3v) is 3.09. The highest BCUT2D eigenvalue weighted by molar-refractivity contribution is 5.79. The third-order valence-electron chi connectivity index (χ3n) is 3.09. The monoisotopic (exact) mass is 209 g/mol. The smallest absolute Gasteiger partial charge is 0.191 e. The highest BCUT2D eigenvalue weighted by Gasteiger charge is 2.31. The van der Waals surface area contributed by atoms with Crippen molar-refractivity contribution in [2.24, 2.45) is 16.6 Å². The van der Waals surface area contributed by atoms with Crippen molar-refractivity contribution in [1.82, 2.24) is 4.90 Å². The topological polar surface area (TPSA) is 41.6 Å². The van der Waals surface area contributed by atoms with Gasteiger partial charge in [0.15, 0.2) is 5.96 Å². The van der Waals surface area contributed by atoms with Gasteiger partial charge in [0, 0.05) is 12.6 Å². The van der Waals surface area contributed by atoms with Crippen molar-refractivity contribution < 1.29 is 0 Å². The molecule has 0 aromatic rings. The summed E-state index contributed by atoms with van der Waals surface area (Å²) in [6.07, 6.45) is 6.31. The Hall–Kier alpha value is -0.730. The predicted octanol–water partition coefficient (Wildman–Crippen LogP) is 1.97. The van der Waals surface area contributed by atoms with Crippen molar-refractivity contribution in [2.45, 2.75) is 58.0 Å². The van der Waals surface area contributed by atoms with Gasteiger partial charge in [0.1, 0.15) is 0 Å². The van der Waals surface area contributed by atoms with Gasteiger partial charge >= 0.3 is 0 Å². The van der Waals surface area contributed by atoms with Gasteiger partial charge in [-0.3, -0.25) is 0 Å². The molecule has 0 aliphatic heterocycles. The fraction of sp³-hybridized carbons (Fsp3) is 0.917. The zero-order valence-corrected chi connectivity index (χ0v) is 9.95. The average molecular weight is 209 g/mol. The predicted molar refractivity (Wildman–Crippen MR) is 63.8 cm³/mol. The van der Waals surface area contributed by atoms with Crippen LogP contribution in [0.25, 0.3) is 0 Å². The molecule has 0 aromatic carbocycles. The molecular weight excluding hydrogens is 186 g/mol. The summed E-state index contributed by atoms with van der Waals surface area (Å²) < 4.78 is 0. The lowest BCUT2D eigenvalue weighted by Gasteiger charge is -2.24. The van der Waals surface area contributed by atoms with Gasteiger partial charge in [0.05, 0.1) is 6.04 Å². The van der Waals surface area contributed by atoms with E-state index in [1.165, 1.54) is 32.1 Å². The van der Waals surface area contributed by atoms with Crippen LogP contribution in [0.4, 0.5) is 0 Å². The van der Waals surface area contributed by atoms with E-state index >= 15 is 0 Å². The Morgan fingerprint density at radius 3 is 2.47 bits per heavy atom. The van der Waals surface area contributed by atoms with E-state index in [-0.39, 0.29) is 0 Å². The molecule has 2 N–H and O–H groups in total. The van der Waals surface area contributed by atoms with Crippen LogP contribution in [0.5, 0.6) is 0 Å². The summed E-state index contributed by atoms with van der Waals surface area (Å²) in [5, 5.41) is 0. The van der Waals surface area contributed by atoms with E-state index in [0.717, 1.165) is 18.4 Å². The lowest BCUT2D eigenvalue weighted by molar-refractivity contribution is 0.367. The molecule has 2 aliphatic rings. The summed E-state index contributed by atoms with van der Waals surface area (Å²) in [6.45, 7) is 5.61. The second-order valence-electron chi connectivity index (χ2n) is 5.33. The molecule has 0 atom stereocenters. The molecule has 15 heavy (non-hydrogen) atoms. The van der Waals surface area contributed by atoms with Crippen LogP contribution in [0.3, 0.4) is 0 Å². The largest absolute Gasteiger partial charge is 0.370 e. The number of hydrogen-bond donors (Lipinski definition) is 1. The first-order chi connectivity index (χ1) is 7.16. The molecular formula is C12H23N3. The molecule has 0 saturated heterocycles. The van der Waals surface area contributed by atoms with Crippen molar-refractivity contribution in [1.29, 1.82) is 0 Å². The van der Waals surface area contributed by atoms with Gasteiger partial charge in [-0.1, -0.05) is 13.8 Å². The van der Waals surface area contributed by atoms with Crippen LogP contribution in [0.1, 0.15) is 46.0 Å². The summed E-state index contributed by atoms with van der Waals surface area (Å²) in [5.41, 5.74) is 6.06. The number of guanidine groups is 1. The Morgan fingerprint density at radius 1 is 1.33 bits per heavy atom. The average Bonchev–Trinajstić information content (AvgIpc) is 2.97. The quantitative estimate of drug-likeness (QED) is 0.555. The van der Waals surface area contributed by atoms with Crippen molar-refractivity contribution in [3.8, 4) is 0 Å². The number of hydrogen-bond acceptors (Lipinski definition) is 1. The first kappa shape index (κ1) is 10.8. The zero-order chi connectivity index (χ0) is 10.8. The summed E-state index contributed by atoms with van der Waals surface area (Å²) in [6, 6.07) is 1.25. The Labute approximate surface area is 92.7 Å². The van der Waals surface area contributed by atoms with E-state index in [2.05, 4.69) is 23.7 Å². The lowest BCUT2D eigenvalue weighted by atomic mass is 10.1. The number of nitrogens with two attached hydrogens (primary N) is 1. The molecule has 86 valence electrons. The van der Waals surface area contributed by atoms with E-state index in [4.69, 9.17) is 5.73 Å². The van der Waals surface area contributed by atoms with Crippen LogP contribution < -0.4 is 5.73 Å². The minimum absolute atomic E-state index is 0.547. The zero-order valence-electron chi connectivity index (χ0n) is 9.95. The number of aliphatic imine (C=N–C) groups is 1. The maximum atomic E-state index is 6.06. The van der Waals surface area contributed by atoms with Crippen LogP contribution in [-0.4, -0.2) is 29.5 Å². The number of nitrogens with zero attached hydrogens (tertiary/aromatic N) is 2. The fourth-order valence-electron chi connectivity index (χ4n) is 1.73. The highest BCUT2D eigenvalue weighted by Crippen LogP contribution is 2.29. The molecule has 0 amide bonds. The molecule has 0 spiro atoms. The minimum Gasteiger partial charge on any atom is -0.370 e. The molecule has 0 radical (unpaired) electrons. The molecule has 0 bridgehead atoms. The van der Waals surface area contributed by atoms with Gasteiger partial charge in [-0.25, -0.2) is 4.99 Å². The van der Waals surface area contributed by atoms with Crippen LogP contribution in [0.2, 0.25) is 0 Å². The van der Waals surface area contributed by atoms with Crippen LogP contribution in [0, 0.1) is 5.92 Å². The van der Waals surface area contributed by atoms with Gasteiger partial charge in [-0.05, 0) is 38.0 Å². The second kappa shape index (κ2) is 4.42. The van der Waals surface area contributed by atoms with Gasteiger partial charge in [-0.2, -0.15) is 0 Å². The highest BCUT2D eigenvalue weighted by atomic mass is 15.3. The normalized spacial score (nSPS) is 22.2. The minimum atomic E-state index is 0.547. The summed E-state index contributed by atoms with van der Waals surface area (Å²) in [4.78, 5) is 6.88. The Bertz CT molecular complexity index is 239. The van der Waals surface area contributed by atoms with Gasteiger partial charge in [0.25, 0.3) is 0 Å². The number of rotatable bonds is 5. The van der Waals surface area contributed by atoms with E-state index in [1.807, 2.05) is 0 Å². The van der Waals surface area contributed by atoms with E-state index < -0.39 is 0 Å². The van der Waals surface area contributed by atoms with Gasteiger partial charge in [-0.15, -0.1) is 0 Å². The fourth-order valence-corrected chi connectivity index (χ4v) is 1.73. The Balaban J connectivity index is 1.86. The van der Waals surface area contributed by atoms with Crippen molar-refractivity contribution in [2.75, 3.05) is 6.54 Å².